The van der Waals surface area contributed by atoms with Gasteiger partial charge in [-0.1, -0.05) is 6.92 Å². The van der Waals surface area contributed by atoms with E-state index in [2.05, 4.69) is 63.4 Å². The van der Waals surface area contributed by atoms with Gasteiger partial charge in [0.05, 0.1) is 2.88 Å². The highest BCUT2D eigenvalue weighted by Crippen LogP contribution is 2.25. The molecule has 0 bridgehead atoms. The first-order valence-electron chi connectivity index (χ1n) is 6.16. The molecule has 0 aliphatic heterocycles. The Labute approximate surface area is 126 Å². The van der Waals surface area contributed by atoms with Gasteiger partial charge in [0.15, 0.2) is 0 Å². The molecule has 0 spiro atoms. The molecule has 1 unspecified atom stereocenters. The smallest absolute Gasteiger partial charge is 0.0656 e. The fourth-order valence-corrected chi connectivity index (χ4v) is 3.31. The van der Waals surface area contributed by atoms with Crippen LogP contribution in [-0.4, -0.2) is 11.5 Å². The normalized spacial score (nSPS) is 12.6. The Morgan fingerprint density at radius 1 is 1.39 bits per heavy atom. The maximum atomic E-state index is 4.07. The van der Waals surface area contributed by atoms with E-state index in [4.69, 9.17) is 0 Å². The van der Waals surface area contributed by atoms with Gasteiger partial charge >= 0.3 is 0 Å². The quantitative estimate of drug-likeness (QED) is 0.775. The lowest BCUT2D eigenvalue weighted by atomic mass is 10.0. The summed E-state index contributed by atoms with van der Waals surface area (Å²) in [6.45, 7) is 3.26. The van der Waals surface area contributed by atoms with Crippen molar-refractivity contribution in [1.29, 1.82) is 0 Å². The van der Waals surface area contributed by atoms with Crippen LogP contribution >= 0.6 is 33.9 Å². The Kier molecular flexibility index (Phi) is 5.59. The third kappa shape index (κ3) is 4.03. The van der Waals surface area contributed by atoms with Crippen molar-refractivity contribution >= 4 is 33.9 Å². The van der Waals surface area contributed by atoms with Crippen LogP contribution in [0.1, 0.15) is 30.5 Å². The molecule has 0 amide bonds. The number of pyridine rings is 1. The fourth-order valence-electron chi connectivity index (χ4n) is 1.89. The molecule has 0 saturated heterocycles. The van der Waals surface area contributed by atoms with Gasteiger partial charge in [-0.2, -0.15) is 0 Å². The number of nitrogens with zero attached hydrogens (tertiary/aromatic N) is 1. The van der Waals surface area contributed by atoms with E-state index in [1.165, 1.54) is 14.0 Å². The van der Waals surface area contributed by atoms with Crippen molar-refractivity contribution in [2.45, 2.75) is 25.8 Å². The van der Waals surface area contributed by atoms with E-state index >= 15 is 0 Å². The molecule has 0 aliphatic carbocycles. The average Bonchev–Trinajstić information content (AvgIpc) is 2.82. The second-order valence-electron chi connectivity index (χ2n) is 4.25. The minimum Gasteiger partial charge on any atom is -0.310 e. The van der Waals surface area contributed by atoms with Crippen LogP contribution in [0.2, 0.25) is 0 Å². The van der Waals surface area contributed by atoms with E-state index in [9.17, 15) is 0 Å². The number of hydrogen-bond donors (Lipinski definition) is 1. The van der Waals surface area contributed by atoms with E-state index < -0.39 is 0 Å². The first kappa shape index (κ1) is 14.0. The van der Waals surface area contributed by atoms with Crippen LogP contribution in [0.5, 0.6) is 0 Å². The zero-order valence-electron chi connectivity index (χ0n) is 10.4. The molecule has 2 aromatic rings. The Balaban J connectivity index is 2.10. The summed E-state index contributed by atoms with van der Waals surface area (Å²) in [6, 6.07) is 6.88. The summed E-state index contributed by atoms with van der Waals surface area (Å²) in [6.07, 6.45) is 5.91. The molecule has 4 heteroatoms. The van der Waals surface area contributed by atoms with E-state index in [0.29, 0.717) is 6.04 Å². The fraction of sp³-hybridized carbons (Fsp3) is 0.357. The minimum absolute atomic E-state index is 0.409. The van der Waals surface area contributed by atoms with Gasteiger partial charge < -0.3 is 5.32 Å². The van der Waals surface area contributed by atoms with Crippen LogP contribution in [0, 0.1) is 2.88 Å². The molecule has 0 fully saturated rings. The monoisotopic (exact) mass is 372 g/mol. The number of nitrogens with one attached hydrogen (secondary N) is 1. The topological polar surface area (TPSA) is 24.9 Å². The highest BCUT2D eigenvalue weighted by atomic mass is 127. The highest BCUT2D eigenvalue weighted by Gasteiger charge is 2.13. The first-order chi connectivity index (χ1) is 8.79. The summed E-state index contributed by atoms with van der Waals surface area (Å²) >= 11 is 4.19. The summed E-state index contributed by atoms with van der Waals surface area (Å²) in [4.78, 5) is 4.07. The van der Waals surface area contributed by atoms with E-state index in [1.807, 2.05) is 23.7 Å². The van der Waals surface area contributed by atoms with Crippen LogP contribution in [0.15, 0.2) is 36.0 Å². The van der Waals surface area contributed by atoms with Crippen molar-refractivity contribution in [1.82, 2.24) is 10.3 Å². The number of rotatable bonds is 6. The number of halogens is 1. The molecule has 2 rings (SSSR count). The van der Waals surface area contributed by atoms with Gasteiger partial charge in [-0.05, 0) is 76.7 Å². The van der Waals surface area contributed by atoms with Crippen molar-refractivity contribution in [3.8, 4) is 0 Å². The van der Waals surface area contributed by atoms with Crippen LogP contribution < -0.4 is 5.32 Å². The summed E-state index contributed by atoms with van der Waals surface area (Å²) in [5, 5.41) is 5.89. The third-order valence-electron chi connectivity index (χ3n) is 2.82. The second-order valence-corrected chi connectivity index (χ2v) is 7.06. The highest BCUT2D eigenvalue weighted by molar-refractivity contribution is 14.1. The van der Waals surface area contributed by atoms with Gasteiger partial charge in [0.25, 0.3) is 0 Å². The Hall–Kier alpha value is -0.460. The summed E-state index contributed by atoms with van der Waals surface area (Å²) in [7, 11) is 0. The lowest BCUT2D eigenvalue weighted by Crippen LogP contribution is -2.23. The average molecular weight is 372 g/mol. The van der Waals surface area contributed by atoms with Crippen molar-refractivity contribution in [2.24, 2.45) is 0 Å². The molecule has 0 aliphatic rings. The standard InChI is InChI=1S/C14H17IN2S/c1-2-5-17-13(12-9-14(15)18-10-12)8-11-3-6-16-7-4-11/h3-4,6-7,9-10,13,17H,2,5,8H2,1H3. The van der Waals surface area contributed by atoms with Crippen LogP contribution in [-0.2, 0) is 6.42 Å². The molecule has 0 saturated carbocycles. The lowest BCUT2D eigenvalue weighted by Gasteiger charge is -2.17. The largest absolute Gasteiger partial charge is 0.310 e. The third-order valence-corrected chi connectivity index (χ3v) is 4.63. The maximum Gasteiger partial charge on any atom is 0.0656 e. The van der Waals surface area contributed by atoms with Crippen LogP contribution in [0.4, 0.5) is 0 Å². The molecule has 0 radical (unpaired) electrons. The SMILES string of the molecule is CCCNC(Cc1ccncc1)c1csc(I)c1. The Morgan fingerprint density at radius 3 is 2.78 bits per heavy atom. The molecular formula is C14H17IN2S. The summed E-state index contributed by atoms with van der Waals surface area (Å²) < 4.78 is 1.35. The van der Waals surface area contributed by atoms with Gasteiger partial charge in [-0.15, -0.1) is 11.3 Å². The molecule has 1 N–H and O–H groups in total. The van der Waals surface area contributed by atoms with Crippen molar-refractivity contribution < 1.29 is 0 Å². The molecule has 0 aromatic carbocycles. The zero-order chi connectivity index (χ0) is 12.8. The van der Waals surface area contributed by atoms with E-state index in [-0.39, 0.29) is 0 Å². The maximum absolute atomic E-state index is 4.07. The van der Waals surface area contributed by atoms with Gasteiger partial charge in [-0.25, -0.2) is 0 Å². The van der Waals surface area contributed by atoms with Gasteiger partial charge in [-0.3, -0.25) is 4.98 Å². The summed E-state index contributed by atoms with van der Waals surface area (Å²) in [5.41, 5.74) is 2.73. The van der Waals surface area contributed by atoms with Crippen LogP contribution in [0.3, 0.4) is 0 Å². The number of aromatic nitrogens is 1. The summed E-state index contributed by atoms with van der Waals surface area (Å²) in [5.74, 6) is 0. The molecule has 2 aromatic heterocycles. The van der Waals surface area contributed by atoms with Gasteiger partial charge in [0.1, 0.15) is 0 Å². The molecule has 1 atom stereocenters. The van der Waals surface area contributed by atoms with E-state index in [0.717, 1.165) is 19.4 Å². The number of hydrogen-bond acceptors (Lipinski definition) is 3. The second kappa shape index (κ2) is 7.21. The predicted molar refractivity (Wildman–Crippen MR) is 86.0 cm³/mol. The Morgan fingerprint density at radius 2 is 2.17 bits per heavy atom. The Bertz CT molecular complexity index is 470. The first-order valence-corrected chi connectivity index (χ1v) is 8.11. The van der Waals surface area contributed by atoms with Crippen molar-refractivity contribution in [3.63, 3.8) is 0 Å². The van der Waals surface area contributed by atoms with Crippen molar-refractivity contribution in [2.75, 3.05) is 6.54 Å². The molecule has 96 valence electrons. The molecular weight excluding hydrogens is 355 g/mol. The van der Waals surface area contributed by atoms with Crippen molar-refractivity contribution in [3.05, 3.63) is 50.0 Å². The van der Waals surface area contributed by atoms with E-state index in [1.54, 1.807) is 0 Å². The molecule has 2 heterocycles. The zero-order valence-corrected chi connectivity index (χ0v) is 13.4. The molecule has 18 heavy (non-hydrogen) atoms. The van der Waals surface area contributed by atoms with Gasteiger partial charge in [0, 0.05) is 18.4 Å². The number of thiophene rings is 1. The van der Waals surface area contributed by atoms with Crippen LogP contribution in [0.25, 0.3) is 0 Å². The minimum atomic E-state index is 0.409. The van der Waals surface area contributed by atoms with Gasteiger partial charge in [0.2, 0.25) is 0 Å². The predicted octanol–water partition coefficient (Wildman–Crippen LogP) is 4.03. The molecule has 2 nitrogen and oxygen atoms in total. The lowest BCUT2D eigenvalue weighted by molar-refractivity contribution is 0.530.